The second-order valence-corrected chi connectivity index (χ2v) is 6.48. The van der Waals surface area contributed by atoms with Gasteiger partial charge in [0.1, 0.15) is 0 Å². The van der Waals surface area contributed by atoms with E-state index in [0.29, 0.717) is 6.42 Å². The number of halogens is 1. The van der Waals surface area contributed by atoms with Crippen molar-refractivity contribution in [2.24, 2.45) is 0 Å². The van der Waals surface area contributed by atoms with E-state index in [4.69, 9.17) is 11.6 Å². The van der Waals surface area contributed by atoms with E-state index < -0.39 is 0 Å². The van der Waals surface area contributed by atoms with E-state index in [-0.39, 0.29) is 5.78 Å². The molecule has 4 heteroatoms. The number of nitrogens with one attached hydrogen (secondary N) is 1. The van der Waals surface area contributed by atoms with Crippen molar-refractivity contribution in [2.75, 3.05) is 6.54 Å². The van der Waals surface area contributed by atoms with Crippen molar-refractivity contribution < 1.29 is 4.79 Å². The van der Waals surface area contributed by atoms with Crippen LogP contribution in [0, 0.1) is 0 Å². The third kappa shape index (κ3) is 2.73. The molecule has 0 spiro atoms. The van der Waals surface area contributed by atoms with Crippen LogP contribution >= 0.6 is 22.9 Å². The molecule has 19 heavy (non-hydrogen) atoms. The highest BCUT2D eigenvalue weighted by atomic mass is 35.5. The molecule has 0 fully saturated rings. The Kier molecular flexibility index (Phi) is 3.69. The second kappa shape index (κ2) is 5.45. The van der Waals surface area contributed by atoms with Gasteiger partial charge in [-0.25, -0.2) is 0 Å². The molecule has 2 nitrogen and oxygen atoms in total. The van der Waals surface area contributed by atoms with E-state index in [1.807, 2.05) is 24.3 Å². The lowest BCUT2D eigenvalue weighted by molar-refractivity contribution is 0.0992. The maximum atomic E-state index is 12.4. The molecule has 98 valence electrons. The van der Waals surface area contributed by atoms with Crippen molar-refractivity contribution >= 4 is 28.7 Å². The number of carbonyl (C=O) groups excluding carboxylic acids is 1. The number of carbonyl (C=O) groups is 1. The monoisotopic (exact) mass is 291 g/mol. The van der Waals surface area contributed by atoms with Gasteiger partial charge in [-0.15, -0.1) is 11.3 Å². The molecule has 0 aliphatic carbocycles. The number of benzene rings is 1. The fourth-order valence-corrected chi connectivity index (χ4v) is 3.58. The summed E-state index contributed by atoms with van der Waals surface area (Å²) in [5.74, 6) is 0.192. The highest BCUT2D eigenvalue weighted by Crippen LogP contribution is 2.25. The molecule has 0 unspecified atom stereocenters. The minimum absolute atomic E-state index is 0.192. The highest BCUT2D eigenvalue weighted by molar-refractivity contribution is 7.16. The third-order valence-corrected chi connectivity index (χ3v) is 4.64. The van der Waals surface area contributed by atoms with Gasteiger partial charge in [0.15, 0.2) is 5.78 Å². The van der Waals surface area contributed by atoms with Crippen molar-refractivity contribution in [3.8, 4) is 0 Å². The predicted molar refractivity (Wildman–Crippen MR) is 79.2 cm³/mol. The number of hydrogen-bond donors (Lipinski definition) is 1. The Labute approximate surface area is 121 Å². The van der Waals surface area contributed by atoms with Gasteiger partial charge < -0.3 is 5.32 Å². The Morgan fingerprint density at radius 3 is 3.00 bits per heavy atom. The maximum absolute atomic E-state index is 12.4. The van der Waals surface area contributed by atoms with Crippen LogP contribution in [-0.2, 0) is 19.4 Å². The fraction of sp³-hybridized carbons (Fsp3) is 0.267. The van der Waals surface area contributed by atoms with Gasteiger partial charge in [-0.05, 0) is 36.2 Å². The SMILES string of the molecule is O=C(Cc1ccc(Cl)s1)c1cccc2c1CCNC2. The standard InChI is InChI=1S/C15H14ClNOS/c16-15-5-4-11(19-15)8-14(18)13-3-1-2-10-9-17-7-6-12(10)13/h1-5,17H,6-9H2. The molecular weight excluding hydrogens is 278 g/mol. The van der Waals surface area contributed by atoms with Crippen molar-refractivity contribution in [2.45, 2.75) is 19.4 Å². The van der Waals surface area contributed by atoms with E-state index in [0.717, 1.165) is 34.3 Å². The van der Waals surface area contributed by atoms with Crippen LogP contribution < -0.4 is 5.32 Å². The van der Waals surface area contributed by atoms with Gasteiger partial charge in [0, 0.05) is 23.4 Å². The lowest BCUT2D eigenvalue weighted by atomic mass is 9.92. The Bertz CT molecular complexity index is 620. The van der Waals surface area contributed by atoms with Crippen molar-refractivity contribution in [3.05, 3.63) is 56.2 Å². The minimum atomic E-state index is 0.192. The third-order valence-electron chi connectivity index (χ3n) is 3.40. The number of Topliss-reactive ketones (excluding diaryl/α,β-unsaturated/α-hetero) is 1. The van der Waals surface area contributed by atoms with Gasteiger partial charge >= 0.3 is 0 Å². The molecule has 0 atom stereocenters. The summed E-state index contributed by atoms with van der Waals surface area (Å²) >= 11 is 7.38. The number of hydrogen-bond acceptors (Lipinski definition) is 3. The first-order chi connectivity index (χ1) is 9.24. The van der Waals surface area contributed by atoms with Gasteiger partial charge in [0.05, 0.1) is 4.34 Å². The predicted octanol–water partition coefficient (Wildman–Crippen LogP) is 3.47. The molecule has 0 radical (unpaired) electrons. The molecular formula is C15H14ClNOS. The van der Waals surface area contributed by atoms with Crippen molar-refractivity contribution in [3.63, 3.8) is 0 Å². The number of ketones is 1. The van der Waals surface area contributed by atoms with Gasteiger partial charge in [-0.3, -0.25) is 4.79 Å². The second-order valence-electron chi connectivity index (χ2n) is 4.68. The van der Waals surface area contributed by atoms with Crippen LogP contribution in [0.3, 0.4) is 0 Å². The van der Waals surface area contributed by atoms with Crippen molar-refractivity contribution in [1.82, 2.24) is 5.32 Å². The fourth-order valence-electron chi connectivity index (χ4n) is 2.49. The first kappa shape index (κ1) is 12.9. The molecule has 1 N–H and O–H groups in total. The molecule has 1 aliphatic rings. The van der Waals surface area contributed by atoms with Crippen LogP contribution in [0.2, 0.25) is 4.34 Å². The zero-order valence-electron chi connectivity index (χ0n) is 10.4. The quantitative estimate of drug-likeness (QED) is 0.877. The molecule has 0 saturated heterocycles. The Hall–Kier alpha value is -1.16. The van der Waals surface area contributed by atoms with E-state index in [9.17, 15) is 4.79 Å². The summed E-state index contributed by atoms with van der Waals surface area (Å²) in [5, 5.41) is 3.33. The summed E-state index contributed by atoms with van der Waals surface area (Å²) < 4.78 is 0.738. The molecule has 1 aromatic heterocycles. The number of thiophene rings is 1. The van der Waals surface area contributed by atoms with Crippen LogP contribution in [0.5, 0.6) is 0 Å². The summed E-state index contributed by atoms with van der Waals surface area (Å²) in [6.07, 6.45) is 1.38. The molecule has 1 aromatic carbocycles. The zero-order valence-corrected chi connectivity index (χ0v) is 12.0. The van der Waals surface area contributed by atoms with Crippen molar-refractivity contribution in [1.29, 1.82) is 0 Å². The number of fused-ring (bicyclic) bond motifs is 1. The lowest BCUT2D eigenvalue weighted by Crippen LogP contribution is -2.25. The molecule has 2 heterocycles. The van der Waals surface area contributed by atoms with Crippen LogP contribution in [-0.4, -0.2) is 12.3 Å². The average Bonchev–Trinajstić information content (AvgIpc) is 2.83. The van der Waals surface area contributed by atoms with Crippen LogP contribution in [0.25, 0.3) is 0 Å². The topological polar surface area (TPSA) is 29.1 Å². The summed E-state index contributed by atoms with van der Waals surface area (Å²) in [6.45, 7) is 1.81. The highest BCUT2D eigenvalue weighted by Gasteiger charge is 2.17. The van der Waals surface area contributed by atoms with E-state index in [2.05, 4.69) is 11.4 Å². The molecule has 0 bridgehead atoms. The first-order valence-electron chi connectivity index (χ1n) is 6.33. The normalized spacial score (nSPS) is 14.2. The van der Waals surface area contributed by atoms with E-state index >= 15 is 0 Å². The Morgan fingerprint density at radius 2 is 2.21 bits per heavy atom. The van der Waals surface area contributed by atoms with Gasteiger partial charge in [-0.2, -0.15) is 0 Å². The minimum Gasteiger partial charge on any atom is -0.312 e. The van der Waals surface area contributed by atoms with Crippen LogP contribution in [0.1, 0.15) is 26.4 Å². The van der Waals surface area contributed by atoms with Gasteiger partial charge in [-0.1, -0.05) is 29.8 Å². The average molecular weight is 292 g/mol. The zero-order chi connectivity index (χ0) is 13.2. The smallest absolute Gasteiger partial charge is 0.168 e. The Morgan fingerprint density at radius 1 is 1.32 bits per heavy atom. The molecule has 1 aliphatic heterocycles. The summed E-state index contributed by atoms with van der Waals surface area (Å²) in [4.78, 5) is 13.5. The van der Waals surface area contributed by atoms with Crippen LogP contribution in [0.4, 0.5) is 0 Å². The number of rotatable bonds is 3. The molecule has 2 aromatic rings. The van der Waals surface area contributed by atoms with Gasteiger partial charge in [0.2, 0.25) is 0 Å². The summed E-state index contributed by atoms with van der Waals surface area (Å²) in [5.41, 5.74) is 3.35. The molecule has 3 rings (SSSR count). The summed E-state index contributed by atoms with van der Waals surface area (Å²) in [7, 11) is 0. The lowest BCUT2D eigenvalue weighted by Gasteiger charge is -2.19. The maximum Gasteiger partial charge on any atom is 0.168 e. The summed E-state index contributed by atoms with van der Waals surface area (Å²) in [6, 6.07) is 9.80. The largest absolute Gasteiger partial charge is 0.312 e. The first-order valence-corrected chi connectivity index (χ1v) is 7.52. The van der Waals surface area contributed by atoms with E-state index in [1.54, 1.807) is 0 Å². The van der Waals surface area contributed by atoms with E-state index in [1.165, 1.54) is 22.5 Å². The van der Waals surface area contributed by atoms with Crippen LogP contribution in [0.15, 0.2) is 30.3 Å². The Balaban J connectivity index is 1.87. The van der Waals surface area contributed by atoms with Gasteiger partial charge in [0.25, 0.3) is 0 Å². The molecule has 0 amide bonds. The molecule has 0 saturated carbocycles.